The molecular weight excluding hydrogens is 442 g/mol. The first-order valence-corrected chi connectivity index (χ1v) is 12.6. The number of imide groups is 1. The van der Waals surface area contributed by atoms with Crippen LogP contribution in [0.3, 0.4) is 0 Å². The summed E-state index contributed by atoms with van der Waals surface area (Å²) in [5.74, 6) is -0.441. The van der Waals surface area contributed by atoms with E-state index in [0.717, 1.165) is 48.1 Å². The number of ether oxygens (including phenoxy) is 1. The van der Waals surface area contributed by atoms with Crippen molar-refractivity contribution < 1.29 is 19.1 Å². The van der Waals surface area contributed by atoms with E-state index in [4.69, 9.17) is 4.74 Å². The molecule has 2 aromatic rings. The number of anilines is 1. The highest BCUT2D eigenvalue weighted by Gasteiger charge is 2.57. The van der Waals surface area contributed by atoms with Crippen molar-refractivity contribution in [2.24, 2.45) is 5.92 Å². The van der Waals surface area contributed by atoms with E-state index >= 15 is 0 Å². The smallest absolute Gasteiger partial charge is 0.327 e. The number of nitrogens with zero attached hydrogens (tertiary/aromatic N) is 2. The van der Waals surface area contributed by atoms with Crippen LogP contribution >= 0.6 is 0 Å². The minimum atomic E-state index is -0.703. The Morgan fingerprint density at radius 3 is 2.60 bits per heavy atom. The van der Waals surface area contributed by atoms with Gasteiger partial charge in [-0.3, -0.25) is 14.5 Å². The molecule has 0 radical (unpaired) electrons. The van der Waals surface area contributed by atoms with Crippen molar-refractivity contribution in [2.45, 2.75) is 64.2 Å². The molecule has 7 heteroatoms. The van der Waals surface area contributed by atoms with Gasteiger partial charge in [-0.25, -0.2) is 4.79 Å². The Labute approximate surface area is 206 Å². The topological polar surface area (TPSA) is 79.0 Å². The molecule has 0 bridgehead atoms. The number of fused-ring (bicyclic) bond motifs is 3. The van der Waals surface area contributed by atoms with Gasteiger partial charge < -0.3 is 15.0 Å². The third kappa shape index (κ3) is 4.69. The standard InChI is InChI=1S/C28H33N3O4/c1-18-12-13-22(19(2)16-18)29-24(32)17-31-25-21-10-6-7-11-23(21)35-26(25)27(33)30(28(31)34)15-14-20-8-4-3-5-9-20/h3-5,8-9,12-13,16,21,23,25-26H,6-7,10-11,14-15,17H2,1-2H3,(H,29,32). The largest absolute Gasteiger partial charge is 0.363 e. The van der Waals surface area contributed by atoms with Gasteiger partial charge in [-0.1, -0.05) is 60.9 Å². The van der Waals surface area contributed by atoms with E-state index in [0.29, 0.717) is 6.42 Å². The van der Waals surface area contributed by atoms with Gasteiger partial charge >= 0.3 is 6.03 Å². The maximum absolute atomic E-state index is 13.7. The van der Waals surface area contributed by atoms with Crippen molar-refractivity contribution >= 4 is 23.5 Å². The quantitative estimate of drug-likeness (QED) is 0.683. The lowest BCUT2D eigenvalue weighted by atomic mass is 9.81. The lowest BCUT2D eigenvalue weighted by Gasteiger charge is -2.43. The van der Waals surface area contributed by atoms with Crippen molar-refractivity contribution in [2.75, 3.05) is 18.4 Å². The van der Waals surface area contributed by atoms with Gasteiger partial charge in [0.05, 0.1) is 12.1 Å². The van der Waals surface area contributed by atoms with Gasteiger partial charge in [0.25, 0.3) is 5.91 Å². The summed E-state index contributed by atoms with van der Waals surface area (Å²) in [5, 5.41) is 2.96. The number of carbonyl (C=O) groups is 3. The van der Waals surface area contributed by atoms with Crippen molar-refractivity contribution in [1.29, 1.82) is 0 Å². The van der Waals surface area contributed by atoms with Crippen LogP contribution in [0.25, 0.3) is 0 Å². The number of hydrogen-bond donors (Lipinski definition) is 1. The Hall–Kier alpha value is -3.19. The normalized spacial score (nSPS) is 25.9. The van der Waals surface area contributed by atoms with E-state index in [-0.39, 0.29) is 36.9 Å². The lowest BCUT2D eigenvalue weighted by molar-refractivity contribution is -0.147. The van der Waals surface area contributed by atoms with E-state index in [1.807, 2.05) is 62.4 Å². The Bertz CT molecular complexity index is 1120. The molecule has 2 heterocycles. The second-order valence-electron chi connectivity index (χ2n) is 10.0. The highest BCUT2D eigenvalue weighted by atomic mass is 16.5. The van der Waals surface area contributed by atoms with Crippen molar-refractivity contribution in [1.82, 2.24) is 9.80 Å². The maximum Gasteiger partial charge on any atom is 0.327 e. The molecule has 0 spiro atoms. The van der Waals surface area contributed by atoms with Crippen LogP contribution < -0.4 is 5.32 Å². The molecular formula is C28H33N3O4. The number of benzene rings is 2. The van der Waals surface area contributed by atoms with Crippen LogP contribution in [-0.4, -0.2) is 59.0 Å². The van der Waals surface area contributed by atoms with E-state index in [9.17, 15) is 14.4 Å². The van der Waals surface area contributed by atoms with Crippen LogP contribution in [-0.2, 0) is 20.7 Å². The summed E-state index contributed by atoms with van der Waals surface area (Å²) in [5.41, 5.74) is 3.87. The van der Waals surface area contributed by atoms with Gasteiger partial charge in [-0.2, -0.15) is 0 Å². The van der Waals surface area contributed by atoms with Crippen molar-refractivity contribution in [3.63, 3.8) is 0 Å². The zero-order chi connectivity index (χ0) is 24.5. The van der Waals surface area contributed by atoms with Gasteiger partial charge in [0.2, 0.25) is 5.91 Å². The third-order valence-corrected chi connectivity index (χ3v) is 7.61. The highest BCUT2D eigenvalue weighted by molar-refractivity contribution is 6.02. The molecule has 2 aromatic carbocycles. The third-order valence-electron chi connectivity index (χ3n) is 7.61. The molecule has 184 valence electrons. The fraction of sp³-hybridized carbons (Fsp3) is 0.464. The molecule has 7 nitrogen and oxygen atoms in total. The van der Waals surface area contributed by atoms with E-state index in [1.165, 1.54) is 4.90 Å². The van der Waals surface area contributed by atoms with Crippen LogP contribution in [0.5, 0.6) is 0 Å². The Balaban J connectivity index is 1.38. The molecule has 1 saturated carbocycles. The lowest BCUT2D eigenvalue weighted by Crippen LogP contribution is -2.65. The number of nitrogens with one attached hydrogen (secondary N) is 1. The number of rotatable bonds is 6. The Morgan fingerprint density at radius 1 is 1.06 bits per heavy atom. The number of amides is 4. The summed E-state index contributed by atoms with van der Waals surface area (Å²) in [4.78, 5) is 43.1. The molecule has 1 aliphatic carbocycles. The summed E-state index contributed by atoms with van der Waals surface area (Å²) in [6, 6.07) is 14.9. The summed E-state index contributed by atoms with van der Waals surface area (Å²) in [7, 11) is 0. The van der Waals surface area contributed by atoms with Crippen LogP contribution in [0.1, 0.15) is 42.4 Å². The van der Waals surface area contributed by atoms with Crippen LogP contribution in [0, 0.1) is 19.8 Å². The molecule has 2 aliphatic heterocycles. The highest BCUT2D eigenvalue weighted by Crippen LogP contribution is 2.43. The molecule has 4 atom stereocenters. The monoisotopic (exact) mass is 475 g/mol. The second-order valence-corrected chi connectivity index (χ2v) is 10.0. The van der Waals surface area contributed by atoms with Gasteiger partial charge in [0.1, 0.15) is 6.54 Å². The average molecular weight is 476 g/mol. The van der Waals surface area contributed by atoms with Crippen LogP contribution in [0.2, 0.25) is 0 Å². The van der Waals surface area contributed by atoms with E-state index < -0.39 is 18.2 Å². The fourth-order valence-corrected chi connectivity index (χ4v) is 5.87. The predicted molar refractivity (Wildman–Crippen MR) is 133 cm³/mol. The molecule has 2 saturated heterocycles. The average Bonchev–Trinajstić information content (AvgIpc) is 3.24. The van der Waals surface area contributed by atoms with Gasteiger partial charge in [0.15, 0.2) is 6.10 Å². The number of aryl methyl sites for hydroxylation is 2. The Kier molecular flexibility index (Phi) is 6.60. The number of carbonyl (C=O) groups excluding carboxylic acids is 3. The molecule has 35 heavy (non-hydrogen) atoms. The first-order chi connectivity index (χ1) is 16.9. The molecule has 1 N–H and O–H groups in total. The van der Waals surface area contributed by atoms with Crippen LogP contribution in [0.4, 0.5) is 10.5 Å². The van der Waals surface area contributed by atoms with Gasteiger partial charge in [0, 0.05) is 18.2 Å². The number of hydrogen-bond acceptors (Lipinski definition) is 4. The molecule has 3 aliphatic rings. The van der Waals surface area contributed by atoms with Crippen molar-refractivity contribution in [3.8, 4) is 0 Å². The number of urea groups is 1. The first-order valence-electron chi connectivity index (χ1n) is 12.6. The summed E-state index contributed by atoms with van der Waals surface area (Å²) in [6.45, 7) is 4.12. The maximum atomic E-state index is 13.7. The SMILES string of the molecule is Cc1ccc(NC(=O)CN2C(=O)N(CCc3ccccc3)C(=O)C3OC4CCCCC4C32)c(C)c1. The zero-order valence-electron chi connectivity index (χ0n) is 20.4. The van der Waals surface area contributed by atoms with Gasteiger partial charge in [-0.15, -0.1) is 0 Å². The first kappa shape index (κ1) is 23.5. The zero-order valence-corrected chi connectivity index (χ0v) is 20.4. The van der Waals surface area contributed by atoms with Crippen molar-refractivity contribution in [3.05, 3.63) is 65.2 Å². The second kappa shape index (κ2) is 9.82. The summed E-state index contributed by atoms with van der Waals surface area (Å²) >= 11 is 0. The molecule has 5 rings (SSSR count). The Morgan fingerprint density at radius 2 is 1.83 bits per heavy atom. The minimum absolute atomic E-state index is 0.0329. The summed E-state index contributed by atoms with van der Waals surface area (Å²) < 4.78 is 6.26. The molecule has 3 fully saturated rings. The van der Waals surface area contributed by atoms with Gasteiger partial charge in [-0.05, 0) is 50.3 Å². The molecule has 0 aromatic heterocycles. The van der Waals surface area contributed by atoms with E-state index in [1.54, 1.807) is 4.90 Å². The molecule has 4 unspecified atom stereocenters. The predicted octanol–water partition coefficient (Wildman–Crippen LogP) is 4.08. The minimum Gasteiger partial charge on any atom is -0.363 e. The van der Waals surface area contributed by atoms with E-state index in [2.05, 4.69) is 5.32 Å². The molecule has 4 amide bonds. The van der Waals surface area contributed by atoms with Crippen LogP contribution in [0.15, 0.2) is 48.5 Å². The fourth-order valence-electron chi connectivity index (χ4n) is 5.87. The summed E-state index contributed by atoms with van der Waals surface area (Å²) in [6.07, 6.45) is 3.74.